The number of likely N-dealkylation sites (N-methyl/N-ethyl adjacent to an activating group) is 1. The lowest BCUT2D eigenvalue weighted by Crippen LogP contribution is -2.33. The minimum absolute atomic E-state index is 0.146. The molecule has 3 rings (SSSR count). The predicted molar refractivity (Wildman–Crippen MR) is 107 cm³/mol. The zero-order valence-electron chi connectivity index (χ0n) is 16.3. The molecule has 144 valence electrons. The molecule has 4 nitrogen and oxygen atoms in total. The van der Waals surface area contributed by atoms with Crippen molar-refractivity contribution in [2.75, 3.05) is 20.3 Å². The number of nitrogens with zero attached hydrogens (tertiary/aromatic N) is 1. The summed E-state index contributed by atoms with van der Waals surface area (Å²) in [5.74, 6) is 1.73. The number of hydrogen-bond acceptors (Lipinski definition) is 3. The molecule has 0 saturated heterocycles. The Morgan fingerprint density at radius 1 is 1.04 bits per heavy atom. The van der Waals surface area contributed by atoms with Gasteiger partial charge in [-0.2, -0.15) is 0 Å². The van der Waals surface area contributed by atoms with E-state index >= 15 is 0 Å². The lowest BCUT2D eigenvalue weighted by atomic mass is 9.94. The predicted octanol–water partition coefficient (Wildman–Crippen LogP) is 4.65. The molecule has 0 spiro atoms. The molecule has 1 atom stereocenters. The second kappa shape index (κ2) is 9.45. The Bertz CT molecular complexity index is 727. The number of carbonyl (C=O) groups is 1. The van der Waals surface area contributed by atoms with Crippen LogP contribution in [0.3, 0.4) is 0 Å². The van der Waals surface area contributed by atoms with Crippen LogP contribution in [0.1, 0.15) is 44.1 Å². The van der Waals surface area contributed by atoms with E-state index in [0.29, 0.717) is 19.3 Å². The van der Waals surface area contributed by atoms with Gasteiger partial charge in [-0.25, -0.2) is 0 Å². The maximum absolute atomic E-state index is 12.9. The minimum Gasteiger partial charge on any atom is -0.493 e. The van der Waals surface area contributed by atoms with Gasteiger partial charge in [-0.1, -0.05) is 43.3 Å². The molecule has 0 aliphatic heterocycles. The van der Waals surface area contributed by atoms with E-state index in [4.69, 9.17) is 9.47 Å². The summed E-state index contributed by atoms with van der Waals surface area (Å²) in [6, 6.07) is 18.1. The van der Waals surface area contributed by atoms with E-state index in [-0.39, 0.29) is 11.8 Å². The maximum Gasteiger partial charge on any atom is 0.230 e. The SMILES string of the molecule is CCC(C(=O)N(C)C1CC1)c1ccccc1OCCCOc1ccccc1. The van der Waals surface area contributed by atoms with Crippen LogP contribution in [0.4, 0.5) is 0 Å². The second-order valence-electron chi connectivity index (χ2n) is 7.04. The second-order valence-corrected chi connectivity index (χ2v) is 7.04. The third kappa shape index (κ3) is 5.25. The van der Waals surface area contributed by atoms with Gasteiger partial charge in [0.1, 0.15) is 11.5 Å². The van der Waals surface area contributed by atoms with Crippen LogP contribution in [0, 0.1) is 0 Å². The van der Waals surface area contributed by atoms with Crippen LogP contribution in [-0.4, -0.2) is 37.1 Å². The normalized spacial score (nSPS) is 14.4. The fourth-order valence-electron chi connectivity index (χ4n) is 3.26. The Morgan fingerprint density at radius 2 is 1.70 bits per heavy atom. The number of hydrogen-bond donors (Lipinski definition) is 0. The van der Waals surface area contributed by atoms with Crippen molar-refractivity contribution in [1.82, 2.24) is 4.90 Å². The summed E-state index contributed by atoms with van der Waals surface area (Å²) in [7, 11) is 1.92. The maximum atomic E-state index is 12.9. The molecule has 1 unspecified atom stereocenters. The summed E-state index contributed by atoms with van der Waals surface area (Å²) in [4.78, 5) is 14.8. The van der Waals surface area contributed by atoms with Crippen LogP contribution in [0.15, 0.2) is 54.6 Å². The highest BCUT2D eigenvalue weighted by Crippen LogP contribution is 2.34. The Balaban J connectivity index is 1.55. The molecule has 2 aromatic rings. The molecule has 27 heavy (non-hydrogen) atoms. The highest BCUT2D eigenvalue weighted by Gasteiger charge is 2.34. The fraction of sp³-hybridized carbons (Fsp3) is 0.435. The average molecular weight is 367 g/mol. The highest BCUT2D eigenvalue weighted by molar-refractivity contribution is 5.84. The molecular weight excluding hydrogens is 338 g/mol. The van der Waals surface area contributed by atoms with Crippen LogP contribution >= 0.6 is 0 Å². The van der Waals surface area contributed by atoms with Gasteiger partial charge in [0, 0.05) is 25.1 Å². The van der Waals surface area contributed by atoms with Gasteiger partial charge >= 0.3 is 0 Å². The molecule has 0 N–H and O–H groups in total. The van der Waals surface area contributed by atoms with Gasteiger partial charge in [-0.3, -0.25) is 4.79 Å². The smallest absolute Gasteiger partial charge is 0.230 e. The van der Waals surface area contributed by atoms with E-state index in [0.717, 1.165) is 42.7 Å². The van der Waals surface area contributed by atoms with E-state index in [2.05, 4.69) is 6.92 Å². The van der Waals surface area contributed by atoms with E-state index in [1.165, 1.54) is 0 Å². The first kappa shape index (κ1) is 19.3. The van der Waals surface area contributed by atoms with E-state index in [1.807, 2.05) is 66.5 Å². The van der Waals surface area contributed by atoms with E-state index < -0.39 is 0 Å². The van der Waals surface area contributed by atoms with Gasteiger partial charge in [0.25, 0.3) is 0 Å². The van der Waals surface area contributed by atoms with Crippen molar-refractivity contribution in [3.05, 3.63) is 60.2 Å². The number of ether oxygens (including phenoxy) is 2. The van der Waals surface area contributed by atoms with Crippen molar-refractivity contribution in [3.8, 4) is 11.5 Å². The van der Waals surface area contributed by atoms with Crippen LogP contribution in [-0.2, 0) is 4.79 Å². The van der Waals surface area contributed by atoms with Crippen molar-refractivity contribution >= 4 is 5.91 Å². The summed E-state index contributed by atoms with van der Waals surface area (Å²) in [6.07, 6.45) is 3.81. The van der Waals surface area contributed by atoms with Crippen molar-refractivity contribution in [2.45, 2.75) is 44.6 Å². The molecule has 0 bridgehead atoms. The number of para-hydroxylation sites is 2. The fourth-order valence-corrected chi connectivity index (χ4v) is 3.26. The zero-order chi connectivity index (χ0) is 19.1. The summed E-state index contributed by atoms with van der Waals surface area (Å²) in [5.41, 5.74) is 0.987. The van der Waals surface area contributed by atoms with Crippen LogP contribution in [0.2, 0.25) is 0 Å². The Labute approximate surface area is 162 Å². The topological polar surface area (TPSA) is 38.8 Å². The van der Waals surface area contributed by atoms with Gasteiger partial charge < -0.3 is 14.4 Å². The summed E-state index contributed by atoms with van der Waals surface area (Å²) in [6.45, 7) is 3.23. The summed E-state index contributed by atoms with van der Waals surface area (Å²) in [5, 5.41) is 0. The molecule has 0 heterocycles. The third-order valence-corrected chi connectivity index (χ3v) is 5.00. The van der Waals surface area contributed by atoms with Gasteiger partial charge in [-0.05, 0) is 37.5 Å². The van der Waals surface area contributed by atoms with Crippen LogP contribution in [0.25, 0.3) is 0 Å². The van der Waals surface area contributed by atoms with Crippen molar-refractivity contribution in [2.24, 2.45) is 0 Å². The molecule has 0 radical (unpaired) electrons. The van der Waals surface area contributed by atoms with E-state index in [1.54, 1.807) is 0 Å². The highest BCUT2D eigenvalue weighted by atomic mass is 16.5. The number of carbonyl (C=O) groups excluding carboxylic acids is 1. The van der Waals surface area contributed by atoms with Crippen molar-refractivity contribution < 1.29 is 14.3 Å². The van der Waals surface area contributed by atoms with Gasteiger partial charge in [0.15, 0.2) is 0 Å². The number of rotatable bonds is 10. The lowest BCUT2D eigenvalue weighted by molar-refractivity contribution is -0.132. The zero-order valence-corrected chi connectivity index (χ0v) is 16.3. The minimum atomic E-state index is -0.146. The van der Waals surface area contributed by atoms with Crippen LogP contribution in [0.5, 0.6) is 11.5 Å². The molecule has 0 aromatic heterocycles. The standard InChI is InChI=1S/C23H29NO3/c1-3-20(23(25)24(2)18-14-15-18)21-12-7-8-13-22(21)27-17-9-16-26-19-10-5-4-6-11-19/h4-8,10-13,18,20H,3,9,14-17H2,1-2H3. The summed E-state index contributed by atoms with van der Waals surface area (Å²) < 4.78 is 11.7. The molecule has 1 fully saturated rings. The summed E-state index contributed by atoms with van der Waals surface area (Å²) >= 11 is 0. The first-order valence-electron chi connectivity index (χ1n) is 9.87. The van der Waals surface area contributed by atoms with Gasteiger partial charge in [0.2, 0.25) is 5.91 Å². The molecule has 1 amide bonds. The van der Waals surface area contributed by atoms with Crippen molar-refractivity contribution in [3.63, 3.8) is 0 Å². The van der Waals surface area contributed by atoms with Crippen LogP contribution < -0.4 is 9.47 Å². The molecule has 1 aliphatic carbocycles. The van der Waals surface area contributed by atoms with Crippen molar-refractivity contribution in [1.29, 1.82) is 0 Å². The molecule has 1 aliphatic rings. The Kier molecular flexibility index (Phi) is 6.74. The molecule has 1 saturated carbocycles. The van der Waals surface area contributed by atoms with Gasteiger partial charge in [-0.15, -0.1) is 0 Å². The monoisotopic (exact) mass is 367 g/mol. The van der Waals surface area contributed by atoms with Gasteiger partial charge in [0.05, 0.1) is 19.1 Å². The largest absolute Gasteiger partial charge is 0.493 e. The first-order valence-corrected chi connectivity index (χ1v) is 9.87. The first-order chi connectivity index (χ1) is 13.2. The Morgan fingerprint density at radius 3 is 2.41 bits per heavy atom. The Hall–Kier alpha value is -2.49. The quantitative estimate of drug-likeness (QED) is 0.574. The number of amides is 1. The lowest BCUT2D eigenvalue weighted by Gasteiger charge is -2.24. The molecular formula is C23H29NO3. The number of benzene rings is 2. The third-order valence-electron chi connectivity index (χ3n) is 5.00. The average Bonchev–Trinajstić information content (AvgIpc) is 3.55. The molecule has 2 aromatic carbocycles. The van der Waals surface area contributed by atoms with E-state index in [9.17, 15) is 4.79 Å². The molecule has 4 heteroatoms.